The second-order valence-corrected chi connectivity index (χ2v) is 10.7. The third-order valence-corrected chi connectivity index (χ3v) is 7.02. The zero-order valence-electron chi connectivity index (χ0n) is 21.1. The Morgan fingerprint density at radius 3 is 2.35 bits per heavy atom. The smallest absolute Gasteiger partial charge is 0.261 e. The number of nitrogens with one attached hydrogen (secondary N) is 1. The van der Waals surface area contributed by atoms with E-state index in [2.05, 4.69) is 28.2 Å². The minimum Gasteiger partial charge on any atom is -0.483 e. The average molecular weight is 606 g/mol. The number of halogens is 3. The number of amides is 2. The van der Waals surface area contributed by atoms with Gasteiger partial charge in [0, 0.05) is 29.1 Å². The molecule has 0 aliphatic rings. The zero-order chi connectivity index (χ0) is 26.9. The van der Waals surface area contributed by atoms with Crippen molar-refractivity contribution < 1.29 is 14.3 Å². The summed E-state index contributed by atoms with van der Waals surface area (Å²) in [5, 5.41) is 3.89. The molecule has 3 rings (SSSR count). The summed E-state index contributed by atoms with van der Waals surface area (Å²) in [6.07, 6.45) is 1.23. The maximum atomic E-state index is 13.7. The normalized spacial score (nSPS) is 11.8. The molecule has 1 N–H and O–H groups in total. The molecule has 1 unspecified atom stereocenters. The van der Waals surface area contributed by atoms with Gasteiger partial charge in [-0.05, 0) is 77.2 Å². The highest BCUT2D eigenvalue weighted by Crippen LogP contribution is 2.27. The van der Waals surface area contributed by atoms with Gasteiger partial charge < -0.3 is 15.0 Å². The van der Waals surface area contributed by atoms with Gasteiger partial charge in [-0.2, -0.15) is 0 Å². The fourth-order valence-corrected chi connectivity index (χ4v) is 4.88. The lowest BCUT2D eigenvalue weighted by Crippen LogP contribution is -2.52. The Bertz CT molecular complexity index is 1220. The van der Waals surface area contributed by atoms with E-state index in [0.29, 0.717) is 27.8 Å². The monoisotopic (exact) mass is 604 g/mol. The molecule has 0 saturated carbocycles. The number of ether oxygens (including phenoxy) is 1. The molecule has 0 aromatic heterocycles. The van der Waals surface area contributed by atoms with Crippen molar-refractivity contribution in [3.63, 3.8) is 0 Å². The largest absolute Gasteiger partial charge is 0.483 e. The topological polar surface area (TPSA) is 58.6 Å². The molecule has 3 aromatic rings. The Labute approximate surface area is 237 Å². The van der Waals surface area contributed by atoms with E-state index >= 15 is 0 Å². The number of benzene rings is 3. The molecule has 37 heavy (non-hydrogen) atoms. The molecule has 0 aliphatic heterocycles. The van der Waals surface area contributed by atoms with Crippen LogP contribution in [0.4, 0.5) is 0 Å². The highest BCUT2D eigenvalue weighted by molar-refractivity contribution is 9.10. The van der Waals surface area contributed by atoms with Crippen molar-refractivity contribution in [2.45, 2.75) is 52.2 Å². The summed E-state index contributed by atoms with van der Waals surface area (Å²) in [6, 6.07) is 19.6. The number of rotatable bonds is 11. The second kappa shape index (κ2) is 13.8. The molecule has 0 radical (unpaired) electrons. The van der Waals surface area contributed by atoms with E-state index in [4.69, 9.17) is 27.9 Å². The summed E-state index contributed by atoms with van der Waals surface area (Å²) < 4.78 is 6.67. The van der Waals surface area contributed by atoms with Crippen LogP contribution in [0.25, 0.3) is 0 Å². The first-order valence-electron chi connectivity index (χ1n) is 12.2. The zero-order valence-corrected chi connectivity index (χ0v) is 24.2. The Kier molecular flexibility index (Phi) is 10.9. The number of hydrogen-bond acceptors (Lipinski definition) is 3. The molecule has 0 fully saturated rings. The van der Waals surface area contributed by atoms with E-state index in [-0.39, 0.29) is 31.0 Å². The Morgan fingerprint density at radius 1 is 1.00 bits per heavy atom. The van der Waals surface area contributed by atoms with Gasteiger partial charge in [-0.25, -0.2) is 0 Å². The fraction of sp³-hybridized carbons (Fsp3) is 0.310. The van der Waals surface area contributed by atoms with Gasteiger partial charge in [0.25, 0.3) is 5.91 Å². The summed E-state index contributed by atoms with van der Waals surface area (Å²) in [5.41, 5.74) is 2.77. The first kappa shape index (κ1) is 29.0. The van der Waals surface area contributed by atoms with E-state index in [9.17, 15) is 9.59 Å². The molecule has 0 aliphatic carbocycles. The van der Waals surface area contributed by atoms with Crippen LogP contribution in [0, 0.1) is 0 Å². The number of nitrogens with zero attached hydrogens (tertiary/aromatic N) is 1. The standard InChI is InChI=1S/C29H31BrCl2N2O3/c1-4-20-10-13-27(24(30)14-20)37-18-28(35)34(17-22-11-12-23(31)16-25(22)32)26(29(36)33-19(2)3)15-21-8-6-5-7-9-21/h5-14,16,19,26H,4,15,17-18H2,1-3H3,(H,33,36). The van der Waals surface area contributed by atoms with Crippen LogP contribution in [-0.4, -0.2) is 35.4 Å². The Hall–Kier alpha value is -2.54. The molecule has 0 saturated heterocycles. The molecule has 5 nitrogen and oxygen atoms in total. The highest BCUT2D eigenvalue weighted by Gasteiger charge is 2.31. The van der Waals surface area contributed by atoms with Gasteiger partial charge in [0.2, 0.25) is 5.91 Å². The number of hydrogen-bond donors (Lipinski definition) is 1. The van der Waals surface area contributed by atoms with E-state index < -0.39 is 6.04 Å². The maximum absolute atomic E-state index is 13.7. The van der Waals surface area contributed by atoms with Crippen LogP contribution in [0.5, 0.6) is 5.75 Å². The quantitative estimate of drug-likeness (QED) is 0.260. The molecular weight excluding hydrogens is 575 g/mol. The van der Waals surface area contributed by atoms with Crippen LogP contribution in [0.1, 0.15) is 37.5 Å². The number of aryl methyl sites for hydroxylation is 1. The lowest BCUT2D eigenvalue weighted by atomic mass is 10.0. The molecule has 8 heteroatoms. The van der Waals surface area contributed by atoms with Gasteiger partial charge in [-0.3, -0.25) is 9.59 Å². The van der Waals surface area contributed by atoms with Gasteiger partial charge in [0.15, 0.2) is 6.61 Å². The molecule has 0 bridgehead atoms. The van der Waals surface area contributed by atoms with Crippen LogP contribution in [0.15, 0.2) is 71.2 Å². The molecule has 196 valence electrons. The van der Waals surface area contributed by atoms with Crippen LogP contribution >= 0.6 is 39.1 Å². The molecule has 0 spiro atoms. The van der Waals surface area contributed by atoms with Gasteiger partial charge >= 0.3 is 0 Å². The lowest BCUT2D eigenvalue weighted by molar-refractivity contribution is -0.143. The van der Waals surface area contributed by atoms with E-state index in [0.717, 1.165) is 22.0 Å². The van der Waals surface area contributed by atoms with Crippen molar-refractivity contribution >= 4 is 50.9 Å². The number of carbonyl (C=O) groups excluding carboxylic acids is 2. The van der Waals surface area contributed by atoms with Crippen molar-refractivity contribution in [3.8, 4) is 5.75 Å². The van der Waals surface area contributed by atoms with Crippen LogP contribution in [0.2, 0.25) is 10.0 Å². The Morgan fingerprint density at radius 2 is 1.73 bits per heavy atom. The molecule has 0 heterocycles. The van der Waals surface area contributed by atoms with E-state index in [1.807, 2.05) is 62.4 Å². The van der Waals surface area contributed by atoms with Crippen molar-refractivity contribution in [1.29, 1.82) is 0 Å². The predicted octanol–water partition coefficient (Wildman–Crippen LogP) is 6.86. The van der Waals surface area contributed by atoms with Gasteiger partial charge in [-0.15, -0.1) is 0 Å². The van der Waals surface area contributed by atoms with E-state index in [1.54, 1.807) is 18.2 Å². The van der Waals surface area contributed by atoms with E-state index in [1.165, 1.54) is 4.90 Å². The summed E-state index contributed by atoms with van der Waals surface area (Å²) >= 11 is 16.1. The lowest BCUT2D eigenvalue weighted by Gasteiger charge is -2.32. The first-order valence-corrected chi connectivity index (χ1v) is 13.7. The summed E-state index contributed by atoms with van der Waals surface area (Å²) in [4.78, 5) is 28.7. The Balaban J connectivity index is 1.94. The number of carbonyl (C=O) groups is 2. The SMILES string of the molecule is CCc1ccc(OCC(=O)N(Cc2ccc(Cl)cc2Cl)C(Cc2ccccc2)C(=O)NC(C)C)c(Br)c1. The first-order chi connectivity index (χ1) is 17.7. The van der Waals surface area contributed by atoms with Crippen LogP contribution in [0.3, 0.4) is 0 Å². The predicted molar refractivity (Wildman–Crippen MR) is 153 cm³/mol. The molecular formula is C29H31BrCl2N2O3. The third-order valence-electron chi connectivity index (χ3n) is 5.81. The minimum absolute atomic E-state index is 0.0915. The van der Waals surface area contributed by atoms with Crippen LogP contribution in [-0.2, 0) is 29.0 Å². The van der Waals surface area contributed by atoms with Gasteiger partial charge in [-0.1, -0.05) is 72.6 Å². The molecule has 1 atom stereocenters. The van der Waals surface area contributed by atoms with Crippen molar-refractivity contribution in [2.75, 3.05) is 6.61 Å². The third kappa shape index (κ3) is 8.49. The summed E-state index contributed by atoms with van der Waals surface area (Å²) in [7, 11) is 0. The average Bonchev–Trinajstić information content (AvgIpc) is 2.86. The molecule has 3 aromatic carbocycles. The molecule has 2 amide bonds. The summed E-state index contributed by atoms with van der Waals surface area (Å²) in [5.74, 6) is -0.0237. The van der Waals surface area contributed by atoms with Crippen LogP contribution < -0.4 is 10.1 Å². The fourth-order valence-electron chi connectivity index (χ4n) is 3.87. The summed E-state index contributed by atoms with van der Waals surface area (Å²) in [6.45, 7) is 5.73. The minimum atomic E-state index is -0.779. The van der Waals surface area contributed by atoms with Crippen molar-refractivity contribution in [3.05, 3.63) is 97.9 Å². The van der Waals surface area contributed by atoms with Crippen molar-refractivity contribution in [2.24, 2.45) is 0 Å². The maximum Gasteiger partial charge on any atom is 0.261 e. The van der Waals surface area contributed by atoms with Gasteiger partial charge in [0.1, 0.15) is 11.8 Å². The van der Waals surface area contributed by atoms with Crippen molar-refractivity contribution in [1.82, 2.24) is 10.2 Å². The highest BCUT2D eigenvalue weighted by atomic mass is 79.9. The second-order valence-electron chi connectivity index (χ2n) is 9.03. The van der Waals surface area contributed by atoms with Gasteiger partial charge in [0.05, 0.1) is 4.47 Å².